The molecule has 0 aliphatic carbocycles. The Bertz CT molecular complexity index is 371. The van der Waals surface area contributed by atoms with Crippen molar-refractivity contribution in [3.63, 3.8) is 0 Å². The Morgan fingerprint density at radius 1 is 1.39 bits per heavy atom. The summed E-state index contributed by atoms with van der Waals surface area (Å²) < 4.78 is 11.0. The highest BCUT2D eigenvalue weighted by atomic mass is 79.9. The predicted molar refractivity (Wildman–Crippen MR) is 73.3 cm³/mol. The Morgan fingerprint density at radius 2 is 2.17 bits per heavy atom. The largest absolute Gasteiger partial charge is 0.464 e. The van der Waals surface area contributed by atoms with E-state index in [0.29, 0.717) is 19.8 Å². The van der Waals surface area contributed by atoms with Crippen LogP contribution in [-0.2, 0) is 20.8 Å². The quantitative estimate of drug-likeness (QED) is 0.589. The van der Waals surface area contributed by atoms with Crippen LogP contribution in [0.15, 0.2) is 28.7 Å². The van der Waals surface area contributed by atoms with Crippen LogP contribution in [0.25, 0.3) is 0 Å². The first-order valence-corrected chi connectivity index (χ1v) is 6.70. The zero-order valence-corrected chi connectivity index (χ0v) is 12.0. The van der Waals surface area contributed by atoms with Crippen LogP contribution in [0.3, 0.4) is 0 Å². The van der Waals surface area contributed by atoms with Crippen molar-refractivity contribution in [3.05, 3.63) is 34.3 Å². The topological polar surface area (TPSA) is 47.6 Å². The van der Waals surface area contributed by atoms with E-state index in [4.69, 9.17) is 9.47 Å². The van der Waals surface area contributed by atoms with Gasteiger partial charge in [-0.3, -0.25) is 0 Å². The molecule has 18 heavy (non-hydrogen) atoms. The molecule has 0 amide bonds. The molecule has 0 atom stereocenters. The molecule has 1 aromatic carbocycles. The molecule has 0 saturated carbocycles. The maximum atomic E-state index is 11.0. The second-order valence-electron chi connectivity index (χ2n) is 3.63. The first-order chi connectivity index (χ1) is 8.74. The fourth-order valence-corrected chi connectivity index (χ4v) is 1.79. The van der Waals surface area contributed by atoms with Crippen molar-refractivity contribution in [3.8, 4) is 0 Å². The number of esters is 1. The molecule has 0 aliphatic rings. The van der Waals surface area contributed by atoms with Gasteiger partial charge in [0.25, 0.3) is 0 Å². The van der Waals surface area contributed by atoms with Crippen LogP contribution in [0.2, 0.25) is 0 Å². The molecule has 1 N–H and O–H groups in total. The molecular weight excluding hydrogens is 298 g/mol. The molecule has 0 heterocycles. The fraction of sp³-hybridized carbons (Fsp3) is 0.462. The average Bonchev–Trinajstić information content (AvgIpc) is 2.36. The molecule has 0 saturated heterocycles. The number of halogens is 1. The number of rotatable bonds is 8. The minimum Gasteiger partial charge on any atom is -0.464 e. The van der Waals surface area contributed by atoms with Crippen LogP contribution in [0.4, 0.5) is 0 Å². The third kappa shape index (κ3) is 6.14. The van der Waals surface area contributed by atoms with E-state index >= 15 is 0 Å². The molecule has 0 aromatic heterocycles. The number of hydrogen-bond acceptors (Lipinski definition) is 4. The van der Waals surface area contributed by atoms with Crippen LogP contribution in [0.5, 0.6) is 0 Å². The smallest absolute Gasteiger partial charge is 0.332 e. The van der Waals surface area contributed by atoms with E-state index in [2.05, 4.69) is 27.3 Å². The van der Waals surface area contributed by atoms with E-state index in [1.807, 2.05) is 18.2 Å². The summed E-state index contributed by atoms with van der Waals surface area (Å²) in [6.07, 6.45) is 0. The molecule has 0 aliphatic heterocycles. The van der Waals surface area contributed by atoms with E-state index in [-0.39, 0.29) is 12.6 Å². The minimum absolute atomic E-state index is 0.0184. The second-order valence-corrected chi connectivity index (χ2v) is 4.48. The van der Waals surface area contributed by atoms with E-state index < -0.39 is 0 Å². The van der Waals surface area contributed by atoms with Crippen LogP contribution >= 0.6 is 15.9 Å². The number of carbonyl (C=O) groups is 1. The molecule has 0 radical (unpaired) electrons. The Morgan fingerprint density at radius 3 is 2.89 bits per heavy atom. The van der Waals surface area contributed by atoms with Gasteiger partial charge >= 0.3 is 5.97 Å². The second kappa shape index (κ2) is 9.08. The number of ether oxygens (including phenoxy) is 2. The summed E-state index contributed by atoms with van der Waals surface area (Å²) in [4.78, 5) is 11.0. The molecule has 0 unspecified atom stereocenters. The van der Waals surface area contributed by atoms with Gasteiger partial charge in [0, 0.05) is 17.6 Å². The highest BCUT2D eigenvalue weighted by Crippen LogP contribution is 2.14. The maximum absolute atomic E-state index is 11.0. The highest BCUT2D eigenvalue weighted by Gasteiger charge is 2.01. The predicted octanol–water partition coefficient (Wildman–Crippen LogP) is 2.12. The number of carbonyl (C=O) groups excluding carboxylic acids is 1. The zero-order chi connectivity index (χ0) is 13.2. The lowest BCUT2D eigenvalue weighted by Crippen LogP contribution is -2.21. The molecule has 5 heteroatoms. The van der Waals surface area contributed by atoms with Gasteiger partial charge in [0.05, 0.1) is 13.2 Å². The van der Waals surface area contributed by atoms with E-state index in [1.165, 1.54) is 5.56 Å². The summed E-state index contributed by atoms with van der Waals surface area (Å²) in [6, 6.07) is 8.04. The van der Waals surface area contributed by atoms with Crippen molar-refractivity contribution in [1.82, 2.24) is 5.32 Å². The van der Waals surface area contributed by atoms with Crippen LogP contribution in [0.1, 0.15) is 12.5 Å². The monoisotopic (exact) mass is 315 g/mol. The molecule has 0 fully saturated rings. The van der Waals surface area contributed by atoms with Crippen molar-refractivity contribution in [2.75, 3.05) is 26.4 Å². The maximum Gasteiger partial charge on any atom is 0.332 e. The van der Waals surface area contributed by atoms with E-state index in [9.17, 15) is 4.79 Å². The molecule has 1 rings (SSSR count). The fourth-order valence-electron chi connectivity index (χ4n) is 1.37. The van der Waals surface area contributed by atoms with E-state index in [0.717, 1.165) is 11.0 Å². The van der Waals surface area contributed by atoms with Gasteiger partial charge in [-0.15, -0.1) is 0 Å². The minimum atomic E-state index is -0.316. The van der Waals surface area contributed by atoms with Crippen molar-refractivity contribution in [2.45, 2.75) is 13.5 Å². The third-order valence-electron chi connectivity index (χ3n) is 2.22. The van der Waals surface area contributed by atoms with Crippen LogP contribution in [0, 0.1) is 0 Å². The summed E-state index contributed by atoms with van der Waals surface area (Å²) in [5.74, 6) is -0.316. The van der Waals surface area contributed by atoms with Gasteiger partial charge < -0.3 is 14.8 Å². The van der Waals surface area contributed by atoms with Gasteiger partial charge in [-0.05, 0) is 18.6 Å². The van der Waals surface area contributed by atoms with Gasteiger partial charge in [0.2, 0.25) is 0 Å². The third-order valence-corrected chi connectivity index (χ3v) is 3.00. The lowest BCUT2D eigenvalue weighted by molar-refractivity contribution is -0.148. The molecular formula is C13H18BrNO3. The molecule has 1 aromatic rings. The normalized spacial score (nSPS) is 10.3. The molecule has 0 spiro atoms. The molecule has 100 valence electrons. The summed E-state index contributed by atoms with van der Waals surface area (Å²) >= 11 is 3.48. The lowest BCUT2D eigenvalue weighted by Gasteiger charge is -2.07. The summed E-state index contributed by atoms with van der Waals surface area (Å²) in [6.45, 7) is 4.14. The summed E-state index contributed by atoms with van der Waals surface area (Å²) in [5, 5.41) is 3.24. The number of benzene rings is 1. The summed E-state index contributed by atoms with van der Waals surface area (Å²) in [5.41, 5.74) is 1.20. The average molecular weight is 316 g/mol. The summed E-state index contributed by atoms with van der Waals surface area (Å²) in [7, 11) is 0. The standard InChI is InChI=1S/C13H18BrNO3/c1-2-18-13(16)10-17-8-7-15-9-11-5-3-4-6-12(11)14/h3-6,15H,2,7-10H2,1H3. The van der Waals surface area contributed by atoms with Crippen LogP contribution in [-0.4, -0.2) is 32.3 Å². The van der Waals surface area contributed by atoms with Crippen molar-refractivity contribution in [2.24, 2.45) is 0 Å². The highest BCUT2D eigenvalue weighted by molar-refractivity contribution is 9.10. The van der Waals surface area contributed by atoms with Crippen molar-refractivity contribution >= 4 is 21.9 Å². The lowest BCUT2D eigenvalue weighted by atomic mass is 10.2. The van der Waals surface area contributed by atoms with Crippen LogP contribution < -0.4 is 5.32 Å². The molecule has 4 nitrogen and oxygen atoms in total. The number of hydrogen-bond donors (Lipinski definition) is 1. The SMILES string of the molecule is CCOC(=O)COCCNCc1ccccc1Br. The Balaban J connectivity index is 2.06. The molecule has 0 bridgehead atoms. The van der Waals surface area contributed by atoms with Gasteiger partial charge in [-0.25, -0.2) is 4.79 Å². The van der Waals surface area contributed by atoms with Gasteiger partial charge in [0.15, 0.2) is 0 Å². The van der Waals surface area contributed by atoms with Gasteiger partial charge in [0.1, 0.15) is 6.61 Å². The van der Waals surface area contributed by atoms with Gasteiger partial charge in [-0.1, -0.05) is 34.1 Å². The first kappa shape index (κ1) is 15.1. The Hall–Kier alpha value is -0.910. The number of nitrogens with one attached hydrogen (secondary N) is 1. The van der Waals surface area contributed by atoms with E-state index in [1.54, 1.807) is 6.92 Å². The zero-order valence-electron chi connectivity index (χ0n) is 10.4. The van der Waals surface area contributed by atoms with Gasteiger partial charge in [-0.2, -0.15) is 0 Å². The Kier molecular flexibility index (Phi) is 7.64. The Labute approximate surface area is 116 Å². The first-order valence-electron chi connectivity index (χ1n) is 5.91. The van der Waals surface area contributed by atoms with Crippen molar-refractivity contribution in [1.29, 1.82) is 0 Å². The van der Waals surface area contributed by atoms with Crippen molar-refractivity contribution < 1.29 is 14.3 Å².